The molecule has 0 aliphatic heterocycles. The van der Waals surface area contributed by atoms with E-state index in [-0.39, 0.29) is 12.5 Å². The number of hydrogen-bond acceptors (Lipinski definition) is 5. The number of allylic oxidation sites excluding steroid dienone is 1. The van der Waals surface area contributed by atoms with Gasteiger partial charge >= 0.3 is 0 Å². The van der Waals surface area contributed by atoms with E-state index in [0.29, 0.717) is 23.9 Å². The maximum atomic E-state index is 12.3. The van der Waals surface area contributed by atoms with Crippen molar-refractivity contribution >= 4 is 45.1 Å². The first-order valence-corrected chi connectivity index (χ1v) is 10.2. The number of amides is 1. The lowest BCUT2D eigenvalue weighted by molar-refractivity contribution is -0.118. The van der Waals surface area contributed by atoms with Crippen LogP contribution in [-0.2, 0) is 11.3 Å². The van der Waals surface area contributed by atoms with Gasteiger partial charge in [0.15, 0.2) is 18.1 Å². The zero-order valence-corrected chi connectivity index (χ0v) is 17.9. The van der Waals surface area contributed by atoms with Crippen LogP contribution in [0.5, 0.6) is 11.5 Å². The van der Waals surface area contributed by atoms with Crippen LogP contribution in [0.4, 0.5) is 5.82 Å². The molecule has 0 fully saturated rings. The van der Waals surface area contributed by atoms with Crippen LogP contribution in [0.2, 0.25) is 0 Å². The standard InChI is InChI=1S/C20H20BrN3O3S/c1-3-4-14-5-6-17(18(9-14)26-2)27-12-20(25)23-19-7-8-22-24(19)11-16-10-15(21)13-28-16/h3-10,13H,11-12H2,1-2H3,(H,23,25). The second-order valence-electron chi connectivity index (χ2n) is 5.85. The average Bonchev–Trinajstić information content (AvgIpc) is 3.30. The van der Waals surface area contributed by atoms with Crippen LogP contribution >= 0.6 is 27.3 Å². The van der Waals surface area contributed by atoms with E-state index in [1.807, 2.05) is 42.7 Å². The summed E-state index contributed by atoms with van der Waals surface area (Å²) in [4.78, 5) is 13.5. The van der Waals surface area contributed by atoms with Gasteiger partial charge in [0.25, 0.3) is 5.91 Å². The Morgan fingerprint density at radius 3 is 2.89 bits per heavy atom. The number of carbonyl (C=O) groups excluding carboxylic acids is 1. The maximum Gasteiger partial charge on any atom is 0.263 e. The van der Waals surface area contributed by atoms with Crippen LogP contribution in [0.25, 0.3) is 6.08 Å². The third-order valence-electron chi connectivity index (χ3n) is 3.82. The molecular weight excluding hydrogens is 442 g/mol. The molecule has 146 valence electrons. The largest absolute Gasteiger partial charge is 0.493 e. The molecule has 0 bridgehead atoms. The zero-order valence-electron chi connectivity index (χ0n) is 15.5. The van der Waals surface area contributed by atoms with Gasteiger partial charge in [0.05, 0.1) is 19.9 Å². The van der Waals surface area contributed by atoms with Gasteiger partial charge in [0.1, 0.15) is 5.82 Å². The van der Waals surface area contributed by atoms with Crippen molar-refractivity contribution in [2.45, 2.75) is 13.5 Å². The molecular formula is C20H20BrN3O3S. The second-order valence-corrected chi connectivity index (χ2v) is 7.76. The minimum Gasteiger partial charge on any atom is -0.493 e. The SMILES string of the molecule is CC=Cc1ccc(OCC(=O)Nc2ccnn2Cc2cc(Br)cs2)c(OC)c1. The molecule has 1 amide bonds. The minimum absolute atomic E-state index is 0.130. The molecule has 8 heteroatoms. The van der Waals surface area contributed by atoms with Crippen LogP contribution in [-0.4, -0.2) is 29.4 Å². The van der Waals surface area contributed by atoms with Crippen molar-refractivity contribution in [2.75, 3.05) is 19.0 Å². The van der Waals surface area contributed by atoms with Crippen LogP contribution in [0.15, 0.2) is 52.5 Å². The highest BCUT2D eigenvalue weighted by molar-refractivity contribution is 9.10. The normalized spacial score (nSPS) is 11.0. The summed E-state index contributed by atoms with van der Waals surface area (Å²) in [7, 11) is 1.57. The van der Waals surface area contributed by atoms with E-state index in [4.69, 9.17) is 9.47 Å². The molecule has 1 N–H and O–H groups in total. The van der Waals surface area contributed by atoms with Crippen LogP contribution in [0, 0.1) is 0 Å². The van der Waals surface area contributed by atoms with E-state index in [0.717, 1.165) is 14.9 Å². The molecule has 0 radical (unpaired) electrons. The van der Waals surface area contributed by atoms with Crippen molar-refractivity contribution in [1.29, 1.82) is 0 Å². The first-order valence-electron chi connectivity index (χ1n) is 8.57. The third kappa shape index (κ3) is 5.24. The summed E-state index contributed by atoms with van der Waals surface area (Å²) in [6, 6.07) is 9.35. The Bertz CT molecular complexity index is 981. The number of rotatable bonds is 8. The number of thiophene rings is 1. The molecule has 0 aliphatic carbocycles. The summed E-state index contributed by atoms with van der Waals surface area (Å²) < 4.78 is 13.8. The highest BCUT2D eigenvalue weighted by Crippen LogP contribution is 2.28. The number of aromatic nitrogens is 2. The molecule has 0 saturated heterocycles. The Balaban J connectivity index is 1.60. The van der Waals surface area contributed by atoms with Gasteiger partial charge in [-0.2, -0.15) is 5.10 Å². The van der Waals surface area contributed by atoms with E-state index in [1.54, 1.807) is 41.5 Å². The lowest BCUT2D eigenvalue weighted by atomic mass is 10.2. The van der Waals surface area contributed by atoms with Gasteiger partial charge in [-0.1, -0.05) is 18.2 Å². The van der Waals surface area contributed by atoms with Gasteiger partial charge in [-0.15, -0.1) is 11.3 Å². The summed E-state index contributed by atoms with van der Waals surface area (Å²) in [5.74, 6) is 1.45. The summed E-state index contributed by atoms with van der Waals surface area (Å²) in [6.07, 6.45) is 5.56. The number of nitrogens with zero attached hydrogens (tertiary/aromatic N) is 2. The highest BCUT2D eigenvalue weighted by Gasteiger charge is 2.11. The fourth-order valence-electron chi connectivity index (χ4n) is 2.57. The lowest BCUT2D eigenvalue weighted by Crippen LogP contribution is -2.22. The first-order chi connectivity index (χ1) is 13.6. The number of halogens is 1. The monoisotopic (exact) mass is 461 g/mol. The minimum atomic E-state index is -0.270. The summed E-state index contributed by atoms with van der Waals surface area (Å²) in [5, 5.41) is 9.12. The molecule has 0 atom stereocenters. The number of ether oxygens (including phenoxy) is 2. The Labute approximate surface area is 175 Å². The number of hydrogen-bond donors (Lipinski definition) is 1. The lowest BCUT2D eigenvalue weighted by Gasteiger charge is -2.12. The molecule has 0 saturated carbocycles. The molecule has 28 heavy (non-hydrogen) atoms. The van der Waals surface area contributed by atoms with Crippen molar-refractivity contribution in [1.82, 2.24) is 9.78 Å². The average molecular weight is 462 g/mol. The van der Waals surface area contributed by atoms with Crippen LogP contribution in [0.1, 0.15) is 17.4 Å². The summed E-state index contributed by atoms with van der Waals surface area (Å²) in [6.45, 7) is 2.40. The van der Waals surface area contributed by atoms with Gasteiger partial charge in [-0.3, -0.25) is 4.79 Å². The van der Waals surface area contributed by atoms with E-state index in [9.17, 15) is 4.79 Å². The molecule has 6 nitrogen and oxygen atoms in total. The van der Waals surface area contributed by atoms with Crippen LogP contribution in [0.3, 0.4) is 0 Å². The Morgan fingerprint density at radius 2 is 2.18 bits per heavy atom. The molecule has 0 unspecified atom stereocenters. The number of nitrogens with one attached hydrogen (secondary N) is 1. The molecule has 3 rings (SSSR count). The Kier molecular flexibility index (Phi) is 6.89. The van der Waals surface area contributed by atoms with Gasteiger partial charge in [0.2, 0.25) is 0 Å². The van der Waals surface area contributed by atoms with Gasteiger partial charge < -0.3 is 14.8 Å². The van der Waals surface area contributed by atoms with Crippen molar-refractivity contribution < 1.29 is 14.3 Å². The van der Waals surface area contributed by atoms with Gasteiger partial charge in [-0.05, 0) is 46.6 Å². The number of carbonyl (C=O) groups is 1. The van der Waals surface area contributed by atoms with E-state index >= 15 is 0 Å². The third-order valence-corrected chi connectivity index (χ3v) is 5.50. The van der Waals surface area contributed by atoms with Crippen LogP contribution < -0.4 is 14.8 Å². The number of benzene rings is 1. The van der Waals surface area contributed by atoms with Crippen molar-refractivity contribution in [2.24, 2.45) is 0 Å². The smallest absolute Gasteiger partial charge is 0.263 e. The molecule has 2 aromatic heterocycles. The fourth-order valence-corrected chi connectivity index (χ4v) is 4.00. The second kappa shape index (κ2) is 9.57. The zero-order chi connectivity index (χ0) is 19.9. The van der Waals surface area contributed by atoms with Crippen molar-refractivity contribution in [3.8, 4) is 11.5 Å². The quantitative estimate of drug-likeness (QED) is 0.522. The first kappa shape index (κ1) is 20.2. The fraction of sp³-hybridized carbons (Fsp3) is 0.200. The highest BCUT2D eigenvalue weighted by atomic mass is 79.9. The number of anilines is 1. The maximum absolute atomic E-state index is 12.3. The Hall–Kier alpha value is -2.58. The Morgan fingerprint density at radius 1 is 1.32 bits per heavy atom. The van der Waals surface area contributed by atoms with Crippen molar-refractivity contribution in [3.05, 3.63) is 62.9 Å². The van der Waals surface area contributed by atoms with E-state index in [2.05, 4.69) is 26.3 Å². The van der Waals surface area contributed by atoms with Crippen molar-refractivity contribution in [3.63, 3.8) is 0 Å². The molecule has 0 spiro atoms. The van der Waals surface area contributed by atoms with Gasteiger partial charge in [-0.25, -0.2) is 4.68 Å². The topological polar surface area (TPSA) is 65.4 Å². The molecule has 2 heterocycles. The van der Waals surface area contributed by atoms with E-state index < -0.39 is 0 Å². The van der Waals surface area contributed by atoms with E-state index in [1.165, 1.54) is 0 Å². The molecule has 1 aromatic carbocycles. The molecule has 0 aliphatic rings. The predicted molar refractivity (Wildman–Crippen MR) is 115 cm³/mol. The number of methoxy groups -OCH3 is 1. The summed E-state index contributed by atoms with van der Waals surface area (Å²) in [5.41, 5.74) is 1.00. The predicted octanol–water partition coefficient (Wildman–Crippen LogP) is 4.81. The van der Waals surface area contributed by atoms with Gasteiger partial charge in [0, 0.05) is 20.8 Å². The summed E-state index contributed by atoms with van der Waals surface area (Å²) >= 11 is 5.07. The molecule has 3 aromatic rings.